The third-order valence-corrected chi connectivity index (χ3v) is 3.38. The molecule has 2 atom stereocenters. The summed E-state index contributed by atoms with van der Waals surface area (Å²) in [4.78, 5) is 0. The molecule has 1 fully saturated rings. The summed E-state index contributed by atoms with van der Waals surface area (Å²) >= 11 is 0. The van der Waals surface area contributed by atoms with E-state index in [1.165, 1.54) is 30.4 Å². The molecule has 0 spiro atoms. The van der Waals surface area contributed by atoms with Crippen LogP contribution in [0.15, 0.2) is 24.3 Å². The molecule has 13 heavy (non-hydrogen) atoms. The van der Waals surface area contributed by atoms with E-state index in [1.807, 2.05) is 0 Å². The van der Waals surface area contributed by atoms with E-state index >= 15 is 0 Å². The van der Waals surface area contributed by atoms with Gasteiger partial charge in [-0.1, -0.05) is 38.2 Å². The number of rotatable bonds is 2. The SMILES string of the molecule is C=C(C)[C@H]1CCC(=C)[C@@H](C(C)C)C1. The van der Waals surface area contributed by atoms with Crippen molar-refractivity contribution in [3.05, 3.63) is 24.3 Å². The molecule has 0 N–H and O–H groups in total. The lowest BCUT2D eigenvalue weighted by molar-refractivity contribution is 0.304. The van der Waals surface area contributed by atoms with Crippen molar-refractivity contribution in [3.8, 4) is 0 Å². The first kappa shape index (κ1) is 10.6. The molecule has 0 aromatic heterocycles. The summed E-state index contributed by atoms with van der Waals surface area (Å²) in [5.41, 5.74) is 2.82. The van der Waals surface area contributed by atoms with Gasteiger partial charge in [-0.2, -0.15) is 0 Å². The summed E-state index contributed by atoms with van der Waals surface area (Å²) < 4.78 is 0. The maximum absolute atomic E-state index is 4.18. The van der Waals surface area contributed by atoms with Crippen LogP contribution in [0.2, 0.25) is 0 Å². The minimum atomic E-state index is 0.732. The summed E-state index contributed by atoms with van der Waals surface area (Å²) in [6, 6.07) is 0. The van der Waals surface area contributed by atoms with Gasteiger partial charge in [0.25, 0.3) is 0 Å². The minimum absolute atomic E-state index is 0.732. The van der Waals surface area contributed by atoms with E-state index in [2.05, 4.69) is 33.9 Å². The summed E-state index contributed by atoms with van der Waals surface area (Å²) in [5.74, 6) is 2.22. The van der Waals surface area contributed by atoms with Crippen LogP contribution in [-0.2, 0) is 0 Å². The van der Waals surface area contributed by atoms with Gasteiger partial charge in [-0.3, -0.25) is 0 Å². The van der Waals surface area contributed by atoms with Crippen LogP contribution in [-0.4, -0.2) is 0 Å². The Kier molecular flexibility index (Phi) is 3.35. The summed E-state index contributed by atoms with van der Waals surface area (Å²) in [6.07, 6.45) is 3.77. The monoisotopic (exact) mass is 178 g/mol. The van der Waals surface area contributed by atoms with Gasteiger partial charge in [0.05, 0.1) is 0 Å². The first-order valence-corrected chi connectivity index (χ1v) is 5.35. The molecule has 0 unspecified atom stereocenters. The van der Waals surface area contributed by atoms with Gasteiger partial charge in [0.1, 0.15) is 0 Å². The second-order valence-electron chi connectivity index (χ2n) is 4.83. The Labute approximate surface area is 82.7 Å². The van der Waals surface area contributed by atoms with E-state index in [1.54, 1.807) is 0 Å². The molecular formula is C13H22. The number of allylic oxidation sites excluding steroid dienone is 2. The Morgan fingerprint density at radius 1 is 1.46 bits per heavy atom. The average Bonchev–Trinajstić information content (AvgIpc) is 2.04. The molecule has 0 aromatic rings. The zero-order chi connectivity index (χ0) is 10.0. The fourth-order valence-corrected chi connectivity index (χ4v) is 2.33. The van der Waals surface area contributed by atoms with Gasteiger partial charge in [-0.25, -0.2) is 0 Å². The van der Waals surface area contributed by atoms with Crippen molar-refractivity contribution in [2.75, 3.05) is 0 Å². The van der Waals surface area contributed by atoms with Crippen molar-refractivity contribution >= 4 is 0 Å². The average molecular weight is 178 g/mol. The molecule has 1 aliphatic carbocycles. The van der Waals surface area contributed by atoms with Crippen LogP contribution in [0.5, 0.6) is 0 Å². The minimum Gasteiger partial charge on any atom is -0.0999 e. The second kappa shape index (κ2) is 4.13. The summed E-state index contributed by atoms with van der Waals surface area (Å²) in [7, 11) is 0. The third kappa shape index (κ3) is 2.46. The van der Waals surface area contributed by atoms with Gasteiger partial charge < -0.3 is 0 Å². The molecular weight excluding hydrogens is 156 g/mol. The molecule has 74 valence electrons. The van der Waals surface area contributed by atoms with Crippen LogP contribution in [0.3, 0.4) is 0 Å². The fraction of sp³-hybridized carbons (Fsp3) is 0.692. The topological polar surface area (TPSA) is 0 Å². The Morgan fingerprint density at radius 3 is 2.54 bits per heavy atom. The van der Waals surface area contributed by atoms with Crippen LogP contribution in [0.4, 0.5) is 0 Å². The highest BCUT2D eigenvalue weighted by Crippen LogP contribution is 2.39. The lowest BCUT2D eigenvalue weighted by Gasteiger charge is -2.33. The maximum Gasteiger partial charge on any atom is -0.0177 e. The van der Waals surface area contributed by atoms with Gasteiger partial charge in [0, 0.05) is 0 Å². The van der Waals surface area contributed by atoms with Crippen molar-refractivity contribution in [3.63, 3.8) is 0 Å². The van der Waals surface area contributed by atoms with E-state index in [0.29, 0.717) is 0 Å². The van der Waals surface area contributed by atoms with E-state index in [-0.39, 0.29) is 0 Å². The zero-order valence-corrected chi connectivity index (χ0v) is 9.27. The van der Waals surface area contributed by atoms with Crippen molar-refractivity contribution < 1.29 is 0 Å². The van der Waals surface area contributed by atoms with Crippen molar-refractivity contribution in [2.24, 2.45) is 17.8 Å². The highest BCUT2D eigenvalue weighted by atomic mass is 14.3. The van der Waals surface area contributed by atoms with Gasteiger partial charge in [0.2, 0.25) is 0 Å². The molecule has 0 aliphatic heterocycles. The van der Waals surface area contributed by atoms with Crippen molar-refractivity contribution in [2.45, 2.75) is 40.0 Å². The molecule has 0 amide bonds. The van der Waals surface area contributed by atoms with Gasteiger partial charge >= 0.3 is 0 Å². The largest absolute Gasteiger partial charge is 0.0999 e. The lowest BCUT2D eigenvalue weighted by atomic mass is 9.72. The molecule has 0 radical (unpaired) electrons. The van der Waals surface area contributed by atoms with Crippen LogP contribution >= 0.6 is 0 Å². The van der Waals surface area contributed by atoms with E-state index in [9.17, 15) is 0 Å². The van der Waals surface area contributed by atoms with Gasteiger partial charge in [-0.05, 0) is 43.9 Å². The molecule has 0 nitrogen and oxygen atoms in total. The predicted octanol–water partition coefficient (Wildman–Crippen LogP) is 4.19. The van der Waals surface area contributed by atoms with Crippen LogP contribution in [0, 0.1) is 17.8 Å². The van der Waals surface area contributed by atoms with Gasteiger partial charge in [0.15, 0.2) is 0 Å². The lowest BCUT2D eigenvalue weighted by Crippen LogP contribution is -2.22. The second-order valence-corrected chi connectivity index (χ2v) is 4.83. The molecule has 0 saturated heterocycles. The molecule has 0 heteroatoms. The van der Waals surface area contributed by atoms with Crippen LogP contribution in [0.25, 0.3) is 0 Å². The first-order chi connectivity index (χ1) is 6.02. The molecule has 1 rings (SSSR count). The van der Waals surface area contributed by atoms with E-state index in [0.717, 1.165) is 17.8 Å². The fourth-order valence-electron chi connectivity index (χ4n) is 2.33. The quantitative estimate of drug-likeness (QED) is 0.556. The predicted molar refractivity (Wildman–Crippen MR) is 59.6 cm³/mol. The Morgan fingerprint density at radius 2 is 2.08 bits per heavy atom. The summed E-state index contributed by atoms with van der Waals surface area (Å²) in [5, 5.41) is 0. The van der Waals surface area contributed by atoms with E-state index < -0.39 is 0 Å². The Balaban J connectivity index is 2.63. The van der Waals surface area contributed by atoms with Crippen molar-refractivity contribution in [1.29, 1.82) is 0 Å². The Hall–Kier alpha value is -0.520. The van der Waals surface area contributed by atoms with Crippen LogP contribution < -0.4 is 0 Å². The first-order valence-electron chi connectivity index (χ1n) is 5.35. The molecule has 0 bridgehead atoms. The molecule has 0 heterocycles. The summed E-state index contributed by atoms with van der Waals surface area (Å²) in [6.45, 7) is 15.0. The molecule has 0 aromatic carbocycles. The number of hydrogen-bond donors (Lipinski definition) is 0. The number of hydrogen-bond acceptors (Lipinski definition) is 0. The third-order valence-electron chi connectivity index (χ3n) is 3.38. The van der Waals surface area contributed by atoms with Crippen LogP contribution in [0.1, 0.15) is 40.0 Å². The molecule has 1 saturated carbocycles. The maximum atomic E-state index is 4.18. The van der Waals surface area contributed by atoms with Crippen molar-refractivity contribution in [1.82, 2.24) is 0 Å². The van der Waals surface area contributed by atoms with E-state index in [4.69, 9.17) is 0 Å². The Bertz CT molecular complexity index is 210. The zero-order valence-electron chi connectivity index (χ0n) is 9.27. The smallest absolute Gasteiger partial charge is 0.0177 e. The normalized spacial score (nSPS) is 29.4. The standard InChI is InChI=1S/C13H22/c1-9(2)12-7-6-11(5)13(8-12)10(3)4/h10,12-13H,1,5-8H2,2-4H3/t12-,13+/m0/s1. The van der Waals surface area contributed by atoms with Gasteiger partial charge in [-0.15, -0.1) is 0 Å². The highest BCUT2D eigenvalue weighted by Gasteiger charge is 2.26. The highest BCUT2D eigenvalue weighted by molar-refractivity contribution is 5.11. The molecule has 1 aliphatic rings.